The monoisotopic (exact) mass is 253 g/mol. The summed E-state index contributed by atoms with van der Waals surface area (Å²) >= 11 is 1.80. The fourth-order valence-electron chi connectivity index (χ4n) is 2.06. The first-order valence-corrected chi connectivity index (χ1v) is 6.78. The van der Waals surface area contributed by atoms with Crippen molar-refractivity contribution in [2.45, 2.75) is 25.9 Å². The van der Waals surface area contributed by atoms with E-state index < -0.39 is 0 Å². The van der Waals surface area contributed by atoms with Gasteiger partial charge in [0.05, 0.1) is 13.2 Å². The Morgan fingerprint density at radius 2 is 2.53 bits per heavy atom. The predicted molar refractivity (Wildman–Crippen MR) is 71.5 cm³/mol. The molecule has 0 bridgehead atoms. The quantitative estimate of drug-likeness (QED) is 0.633. The summed E-state index contributed by atoms with van der Waals surface area (Å²) in [5, 5.41) is 5.11. The Hall–Kier alpha value is -1.07. The highest BCUT2D eigenvalue weighted by Crippen LogP contribution is 2.36. The lowest BCUT2D eigenvalue weighted by atomic mass is 9.93. The van der Waals surface area contributed by atoms with Crippen LogP contribution in [0.15, 0.2) is 16.4 Å². The first kappa shape index (κ1) is 12.4. The SMILES string of the molecule is CCNC(N)=NCC1(C)OCCc2sccc21. The van der Waals surface area contributed by atoms with Gasteiger partial charge in [-0.25, -0.2) is 0 Å². The van der Waals surface area contributed by atoms with Crippen LogP contribution in [-0.4, -0.2) is 25.7 Å². The van der Waals surface area contributed by atoms with Gasteiger partial charge in [-0.2, -0.15) is 0 Å². The highest BCUT2D eigenvalue weighted by atomic mass is 32.1. The molecule has 4 nitrogen and oxygen atoms in total. The first-order chi connectivity index (χ1) is 8.15. The first-order valence-electron chi connectivity index (χ1n) is 5.90. The van der Waals surface area contributed by atoms with Crippen LogP contribution >= 0.6 is 11.3 Å². The number of nitrogens with zero attached hydrogens (tertiary/aromatic N) is 1. The predicted octanol–water partition coefficient (Wildman–Crippen LogP) is 1.46. The molecule has 0 saturated carbocycles. The van der Waals surface area contributed by atoms with E-state index in [9.17, 15) is 0 Å². The minimum absolute atomic E-state index is 0.326. The van der Waals surface area contributed by atoms with Crippen LogP contribution in [0.1, 0.15) is 24.3 Å². The minimum Gasteiger partial charge on any atom is -0.370 e. The number of aliphatic imine (C=N–C) groups is 1. The van der Waals surface area contributed by atoms with Crippen LogP contribution in [0.5, 0.6) is 0 Å². The van der Waals surface area contributed by atoms with E-state index in [-0.39, 0.29) is 5.60 Å². The van der Waals surface area contributed by atoms with Gasteiger partial charge in [-0.05, 0) is 30.9 Å². The molecule has 1 aromatic heterocycles. The van der Waals surface area contributed by atoms with Crippen molar-refractivity contribution in [3.63, 3.8) is 0 Å². The van der Waals surface area contributed by atoms with Gasteiger partial charge in [0.15, 0.2) is 5.96 Å². The van der Waals surface area contributed by atoms with Crippen molar-refractivity contribution in [1.29, 1.82) is 0 Å². The summed E-state index contributed by atoms with van der Waals surface area (Å²) in [7, 11) is 0. The average molecular weight is 253 g/mol. The number of hydrogen-bond donors (Lipinski definition) is 2. The molecule has 94 valence electrons. The van der Waals surface area contributed by atoms with Crippen molar-refractivity contribution in [2.24, 2.45) is 10.7 Å². The van der Waals surface area contributed by atoms with E-state index in [1.165, 1.54) is 10.4 Å². The van der Waals surface area contributed by atoms with Crippen molar-refractivity contribution in [1.82, 2.24) is 5.32 Å². The zero-order chi connectivity index (χ0) is 12.3. The number of thiophene rings is 1. The number of rotatable bonds is 3. The van der Waals surface area contributed by atoms with Crippen molar-refractivity contribution in [2.75, 3.05) is 19.7 Å². The summed E-state index contributed by atoms with van der Waals surface area (Å²) < 4.78 is 5.90. The molecule has 1 aliphatic heterocycles. The molecule has 2 rings (SSSR count). The molecule has 1 atom stereocenters. The third-order valence-corrected chi connectivity index (χ3v) is 3.95. The Kier molecular flexibility index (Phi) is 3.69. The van der Waals surface area contributed by atoms with Crippen LogP contribution in [0.4, 0.5) is 0 Å². The lowest BCUT2D eigenvalue weighted by Gasteiger charge is -2.33. The number of nitrogens with one attached hydrogen (secondary N) is 1. The molecule has 0 aromatic carbocycles. The zero-order valence-corrected chi connectivity index (χ0v) is 11.1. The van der Waals surface area contributed by atoms with E-state index in [0.717, 1.165) is 19.6 Å². The maximum Gasteiger partial charge on any atom is 0.188 e. The summed E-state index contributed by atoms with van der Waals surface area (Å²) in [5.41, 5.74) is 6.68. The van der Waals surface area contributed by atoms with Crippen molar-refractivity contribution in [3.8, 4) is 0 Å². The van der Waals surface area contributed by atoms with E-state index in [2.05, 4.69) is 28.7 Å². The molecule has 0 spiro atoms. The van der Waals surface area contributed by atoms with Crippen LogP contribution in [0.2, 0.25) is 0 Å². The molecule has 0 radical (unpaired) electrons. The Morgan fingerprint density at radius 3 is 3.29 bits per heavy atom. The van der Waals surface area contributed by atoms with E-state index in [0.29, 0.717) is 12.5 Å². The summed E-state index contributed by atoms with van der Waals surface area (Å²) in [5.74, 6) is 0.486. The Balaban J connectivity index is 2.13. The second-order valence-corrected chi connectivity index (χ2v) is 5.32. The maximum atomic E-state index is 5.90. The average Bonchev–Trinajstić information content (AvgIpc) is 2.77. The highest BCUT2D eigenvalue weighted by Gasteiger charge is 2.33. The molecule has 1 aliphatic rings. The van der Waals surface area contributed by atoms with Crippen LogP contribution in [-0.2, 0) is 16.8 Å². The van der Waals surface area contributed by atoms with Gasteiger partial charge in [-0.15, -0.1) is 11.3 Å². The van der Waals surface area contributed by atoms with Gasteiger partial charge in [0, 0.05) is 17.8 Å². The van der Waals surface area contributed by atoms with Gasteiger partial charge in [0.2, 0.25) is 0 Å². The maximum absolute atomic E-state index is 5.90. The molecule has 17 heavy (non-hydrogen) atoms. The Labute approximate surface area is 106 Å². The lowest BCUT2D eigenvalue weighted by Crippen LogP contribution is -2.37. The molecule has 0 aliphatic carbocycles. The number of hydrogen-bond acceptors (Lipinski definition) is 3. The summed E-state index contributed by atoms with van der Waals surface area (Å²) in [6.45, 7) is 6.20. The third-order valence-electron chi connectivity index (χ3n) is 2.97. The second kappa shape index (κ2) is 5.06. The zero-order valence-electron chi connectivity index (χ0n) is 10.3. The van der Waals surface area contributed by atoms with Crippen LogP contribution in [0.25, 0.3) is 0 Å². The fraction of sp³-hybridized carbons (Fsp3) is 0.583. The van der Waals surface area contributed by atoms with Gasteiger partial charge < -0.3 is 15.8 Å². The van der Waals surface area contributed by atoms with E-state index in [4.69, 9.17) is 10.5 Å². The third kappa shape index (κ3) is 2.61. The number of fused-ring (bicyclic) bond motifs is 1. The minimum atomic E-state index is -0.326. The van der Waals surface area contributed by atoms with E-state index in [1.54, 1.807) is 11.3 Å². The van der Waals surface area contributed by atoms with Gasteiger partial charge in [0.1, 0.15) is 5.60 Å². The number of guanidine groups is 1. The van der Waals surface area contributed by atoms with Crippen molar-refractivity contribution < 1.29 is 4.74 Å². The topological polar surface area (TPSA) is 59.6 Å². The standard InChI is InChI=1S/C12H19N3OS/c1-3-14-11(13)15-8-12(2)9-5-7-17-10(9)4-6-16-12/h5,7H,3-4,6,8H2,1-2H3,(H3,13,14,15). The smallest absolute Gasteiger partial charge is 0.188 e. The molecule has 0 amide bonds. The van der Waals surface area contributed by atoms with Gasteiger partial charge in [0.25, 0.3) is 0 Å². The molecule has 5 heteroatoms. The van der Waals surface area contributed by atoms with Gasteiger partial charge in [-0.1, -0.05) is 0 Å². The molecule has 0 fully saturated rings. The molecule has 1 aromatic rings. The van der Waals surface area contributed by atoms with E-state index >= 15 is 0 Å². The fourth-order valence-corrected chi connectivity index (χ4v) is 3.04. The molecule has 0 saturated heterocycles. The molecular formula is C12H19N3OS. The Morgan fingerprint density at radius 1 is 1.71 bits per heavy atom. The second-order valence-electron chi connectivity index (χ2n) is 4.32. The van der Waals surface area contributed by atoms with Crippen molar-refractivity contribution >= 4 is 17.3 Å². The van der Waals surface area contributed by atoms with E-state index in [1.807, 2.05) is 6.92 Å². The largest absolute Gasteiger partial charge is 0.370 e. The number of nitrogens with two attached hydrogens (primary N) is 1. The summed E-state index contributed by atoms with van der Waals surface area (Å²) in [6.07, 6.45) is 1.01. The normalized spacial score (nSPS) is 24.5. The molecule has 2 heterocycles. The molecular weight excluding hydrogens is 234 g/mol. The lowest BCUT2D eigenvalue weighted by molar-refractivity contribution is -0.0375. The van der Waals surface area contributed by atoms with Crippen LogP contribution in [0, 0.1) is 0 Å². The van der Waals surface area contributed by atoms with Crippen LogP contribution < -0.4 is 11.1 Å². The Bertz CT molecular complexity index is 416. The number of ether oxygens (including phenoxy) is 1. The molecule has 3 N–H and O–H groups in total. The van der Waals surface area contributed by atoms with Crippen LogP contribution in [0.3, 0.4) is 0 Å². The highest BCUT2D eigenvalue weighted by molar-refractivity contribution is 7.10. The summed E-state index contributed by atoms with van der Waals surface area (Å²) in [4.78, 5) is 5.76. The molecule has 1 unspecified atom stereocenters. The van der Waals surface area contributed by atoms with Gasteiger partial charge in [-0.3, -0.25) is 4.99 Å². The van der Waals surface area contributed by atoms with Crippen molar-refractivity contribution in [3.05, 3.63) is 21.9 Å². The summed E-state index contributed by atoms with van der Waals surface area (Å²) in [6, 6.07) is 2.14. The van der Waals surface area contributed by atoms with Gasteiger partial charge >= 0.3 is 0 Å².